The summed E-state index contributed by atoms with van der Waals surface area (Å²) in [6.45, 7) is 4.33. The second-order valence-corrected chi connectivity index (χ2v) is 4.34. The third-order valence-electron chi connectivity index (χ3n) is 3.22. The van der Waals surface area contributed by atoms with Crippen LogP contribution in [0.4, 0.5) is 0 Å². The summed E-state index contributed by atoms with van der Waals surface area (Å²) in [4.78, 5) is 4.62. The Morgan fingerprint density at radius 2 is 1.94 bits per heavy atom. The normalized spacial score (nSPS) is 14.9. The lowest BCUT2D eigenvalue weighted by molar-refractivity contribution is 0.449. The van der Waals surface area contributed by atoms with Crippen LogP contribution in [0.15, 0.2) is 36.4 Å². The van der Waals surface area contributed by atoms with Gasteiger partial charge in [-0.15, -0.1) is 0 Å². The van der Waals surface area contributed by atoms with E-state index in [0.29, 0.717) is 5.92 Å². The van der Waals surface area contributed by atoms with E-state index in [1.54, 1.807) is 0 Å². The molecule has 2 aromatic rings. The second-order valence-electron chi connectivity index (χ2n) is 4.34. The summed E-state index contributed by atoms with van der Waals surface area (Å²) in [5, 5.41) is 1.17. The van der Waals surface area contributed by atoms with Gasteiger partial charge in [0.1, 0.15) is 0 Å². The summed E-state index contributed by atoms with van der Waals surface area (Å²) in [5.41, 5.74) is 8.20. The minimum absolute atomic E-state index is 0.0367. The lowest BCUT2D eigenvalue weighted by Gasteiger charge is -2.17. The van der Waals surface area contributed by atoms with Crippen molar-refractivity contribution in [1.82, 2.24) is 4.98 Å². The Morgan fingerprint density at radius 3 is 2.69 bits per heavy atom. The number of benzene rings is 1. The topological polar surface area (TPSA) is 38.9 Å². The van der Waals surface area contributed by atoms with Crippen molar-refractivity contribution in [2.24, 2.45) is 11.7 Å². The van der Waals surface area contributed by atoms with Crippen LogP contribution in [0.3, 0.4) is 0 Å². The number of hydrogen-bond acceptors (Lipinski definition) is 2. The van der Waals surface area contributed by atoms with Gasteiger partial charge in [-0.1, -0.05) is 44.5 Å². The van der Waals surface area contributed by atoms with E-state index in [1.165, 1.54) is 5.39 Å². The highest BCUT2D eigenvalue weighted by atomic mass is 14.8. The van der Waals surface area contributed by atoms with Crippen LogP contribution in [-0.4, -0.2) is 4.98 Å². The molecule has 2 N–H and O–H groups in total. The van der Waals surface area contributed by atoms with Crippen LogP contribution in [0.25, 0.3) is 10.9 Å². The molecule has 2 atom stereocenters. The van der Waals surface area contributed by atoms with Crippen molar-refractivity contribution in [3.8, 4) is 0 Å². The number of nitrogens with zero attached hydrogens (tertiary/aromatic N) is 1. The van der Waals surface area contributed by atoms with Gasteiger partial charge in [0.15, 0.2) is 0 Å². The largest absolute Gasteiger partial charge is 0.322 e. The van der Waals surface area contributed by atoms with Gasteiger partial charge in [-0.2, -0.15) is 0 Å². The number of hydrogen-bond donors (Lipinski definition) is 1. The average Bonchev–Trinajstić information content (AvgIpc) is 2.36. The molecule has 1 heterocycles. The fourth-order valence-electron chi connectivity index (χ4n) is 1.81. The molecule has 2 rings (SSSR count). The van der Waals surface area contributed by atoms with Crippen LogP contribution < -0.4 is 5.73 Å². The van der Waals surface area contributed by atoms with Crippen molar-refractivity contribution in [1.29, 1.82) is 0 Å². The van der Waals surface area contributed by atoms with Crippen LogP contribution in [-0.2, 0) is 0 Å². The van der Waals surface area contributed by atoms with Crippen molar-refractivity contribution >= 4 is 10.9 Å². The number of aromatic nitrogens is 1. The van der Waals surface area contributed by atoms with Gasteiger partial charge in [0.2, 0.25) is 0 Å². The van der Waals surface area contributed by atoms with Crippen molar-refractivity contribution in [2.75, 3.05) is 0 Å². The highest BCUT2D eigenvalue weighted by Crippen LogP contribution is 2.22. The third kappa shape index (κ3) is 2.07. The first-order valence-corrected chi connectivity index (χ1v) is 5.83. The molecule has 16 heavy (non-hydrogen) atoms. The molecule has 0 radical (unpaired) electrons. The zero-order chi connectivity index (χ0) is 11.5. The highest BCUT2D eigenvalue weighted by molar-refractivity contribution is 5.78. The minimum atomic E-state index is 0.0367. The van der Waals surface area contributed by atoms with Crippen molar-refractivity contribution in [3.63, 3.8) is 0 Å². The molecule has 0 saturated carbocycles. The number of para-hydroxylation sites is 1. The van der Waals surface area contributed by atoms with Crippen molar-refractivity contribution in [2.45, 2.75) is 26.3 Å². The summed E-state index contributed by atoms with van der Waals surface area (Å²) in [7, 11) is 0. The SMILES string of the molecule is CCC(C)[C@H](N)c1ccc2ccccc2n1. The van der Waals surface area contributed by atoms with Crippen LogP contribution in [0.1, 0.15) is 32.0 Å². The van der Waals surface area contributed by atoms with Gasteiger partial charge in [-0.05, 0) is 18.1 Å². The molecule has 0 bridgehead atoms. The Hall–Kier alpha value is -1.41. The maximum Gasteiger partial charge on any atom is 0.0706 e. The van der Waals surface area contributed by atoms with Gasteiger partial charge >= 0.3 is 0 Å². The predicted molar refractivity (Wildman–Crippen MR) is 68.1 cm³/mol. The van der Waals surface area contributed by atoms with E-state index in [2.05, 4.69) is 31.0 Å². The first kappa shape index (κ1) is 11.1. The monoisotopic (exact) mass is 214 g/mol. The zero-order valence-corrected chi connectivity index (χ0v) is 9.85. The molecule has 0 spiro atoms. The summed E-state index contributed by atoms with van der Waals surface area (Å²) < 4.78 is 0. The van der Waals surface area contributed by atoms with Crippen LogP contribution >= 0.6 is 0 Å². The summed E-state index contributed by atoms with van der Waals surface area (Å²) >= 11 is 0. The van der Waals surface area contributed by atoms with E-state index in [9.17, 15) is 0 Å². The Kier molecular flexibility index (Phi) is 3.20. The average molecular weight is 214 g/mol. The van der Waals surface area contributed by atoms with Gasteiger partial charge in [0.05, 0.1) is 11.2 Å². The van der Waals surface area contributed by atoms with Crippen LogP contribution in [0.2, 0.25) is 0 Å². The Bertz CT molecular complexity index is 479. The first-order chi connectivity index (χ1) is 7.72. The second kappa shape index (κ2) is 4.62. The fourth-order valence-corrected chi connectivity index (χ4v) is 1.81. The highest BCUT2D eigenvalue weighted by Gasteiger charge is 2.14. The molecule has 2 nitrogen and oxygen atoms in total. The quantitative estimate of drug-likeness (QED) is 0.851. The summed E-state index contributed by atoms with van der Waals surface area (Å²) in [6.07, 6.45) is 1.08. The van der Waals surface area contributed by atoms with E-state index >= 15 is 0 Å². The van der Waals surface area contributed by atoms with Gasteiger partial charge in [0, 0.05) is 11.4 Å². The molecule has 0 fully saturated rings. The van der Waals surface area contributed by atoms with Gasteiger partial charge in [-0.25, -0.2) is 0 Å². The first-order valence-electron chi connectivity index (χ1n) is 5.83. The number of fused-ring (bicyclic) bond motifs is 1. The van der Waals surface area contributed by atoms with Gasteiger partial charge in [0.25, 0.3) is 0 Å². The molecule has 0 amide bonds. The standard InChI is InChI=1S/C14H18N2/c1-3-10(2)14(15)13-9-8-11-6-4-5-7-12(11)16-13/h4-10,14H,3,15H2,1-2H3/t10?,14-/m0/s1. The van der Waals surface area contributed by atoms with E-state index in [4.69, 9.17) is 5.73 Å². The van der Waals surface area contributed by atoms with E-state index < -0.39 is 0 Å². The third-order valence-corrected chi connectivity index (χ3v) is 3.22. The lowest BCUT2D eigenvalue weighted by atomic mass is 9.96. The smallest absolute Gasteiger partial charge is 0.0706 e. The molecule has 0 aliphatic heterocycles. The maximum absolute atomic E-state index is 6.18. The fraction of sp³-hybridized carbons (Fsp3) is 0.357. The molecular formula is C14H18N2. The van der Waals surface area contributed by atoms with Crippen molar-refractivity contribution in [3.05, 3.63) is 42.1 Å². The number of rotatable bonds is 3. The number of nitrogens with two attached hydrogens (primary N) is 1. The predicted octanol–water partition coefficient (Wildman–Crippen LogP) is 3.28. The molecular weight excluding hydrogens is 196 g/mol. The van der Waals surface area contributed by atoms with E-state index in [0.717, 1.165) is 17.6 Å². The van der Waals surface area contributed by atoms with E-state index in [-0.39, 0.29) is 6.04 Å². The molecule has 1 unspecified atom stereocenters. The summed E-state index contributed by atoms with van der Waals surface area (Å²) in [5.74, 6) is 0.466. The Labute approximate surface area is 96.5 Å². The number of pyridine rings is 1. The van der Waals surface area contributed by atoms with Gasteiger partial charge in [-0.3, -0.25) is 4.98 Å². The molecule has 0 aliphatic rings. The molecule has 0 aliphatic carbocycles. The maximum atomic E-state index is 6.18. The Balaban J connectivity index is 2.39. The molecule has 0 saturated heterocycles. The Morgan fingerprint density at radius 1 is 1.19 bits per heavy atom. The molecule has 84 valence electrons. The lowest BCUT2D eigenvalue weighted by Crippen LogP contribution is -2.19. The molecule has 1 aromatic carbocycles. The molecule has 2 heteroatoms. The zero-order valence-electron chi connectivity index (χ0n) is 9.85. The van der Waals surface area contributed by atoms with Crippen LogP contribution in [0, 0.1) is 5.92 Å². The summed E-state index contributed by atoms with van der Waals surface area (Å²) in [6, 6.07) is 12.3. The minimum Gasteiger partial charge on any atom is -0.322 e. The van der Waals surface area contributed by atoms with Crippen LogP contribution in [0.5, 0.6) is 0 Å². The van der Waals surface area contributed by atoms with Crippen molar-refractivity contribution < 1.29 is 0 Å². The van der Waals surface area contributed by atoms with E-state index in [1.807, 2.05) is 24.3 Å². The van der Waals surface area contributed by atoms with Gasteiger partial charge < -0.3 is 5.73 Å². The molecule has 1 aromatic heterocycles.